The van der Waals surface area contributed by atoms with E-state index in [1.54, 1.807) is 49.4 Å². The molecule has 3 heterocycles. The van der Waals surface area contributed by atoms with Crippen molar-refractivity contribution in [2.45, 2.75) is 38.7 Å². The highest BCUT2D eigenvalue weighted by Crippen LogP contribution is 2.36. The number of nitrogens with zero attached hydrogens (tertiary/aromatic N) is 4. The Morgan fingerprint density at radius 1 is 1.10 bits per heavy atom. The molecule has 0 bridgehead atoms. The summed E-state index contributed by atoms with van der Waals surface area (Å²) in [6, 6.07) is 18.9. The number of aromatic nitrogens is 2. The Labute approximate surface area is 272 Å². The molecule has 1 N–H and O–H groups in total. The van der Waals surface area contributed by atoms with E-state index in [4.69, 9.17) is 15.7 Å². The number of cyclic esters (lactones) is 1. The number of para-hydroxylation sites is 1. The number of oxazole rings is 1. The third-order valence-electron chi connectivity index (χ3n) is 7.77. The summed E-state index contributed by atoms with van der Waals surface area (Å²) >= 11 is 0. The van der Waals surface area contributed by atoms with Crippen LogP contribution in [0, 0.1) is 6.57 Å². The van der Waals surface area contributed by atoms with Crippen molar-refractivity contribution in [3.05, 3.63) is 102 Å². The lowest BCUT2D eigenvalue weighted by Gasteiger charge is -2.22. The highest BCUT2D eigenvalue weighted by Gasteiger charge is 2.43. The Balaban J connectivity index is 1.10. The molecule has 1 atom stereocenters. The van der Waals surface area contributed by atoms with Gasteiger partial charge in [0.2, 0.25) is 5.89 Å². The van der Waals surface area contributed by atoms with E-state index in [0.29, 0.717) is 39.4 Å². The predicted octanol–water partition coefficient (Wildman–Crippen LogP) is 8.27. The van der Waals surface area contributed by atoms with Gasteiger partial charge in [-0.3, -0.25) is 9.69 Å². The number of fused-ring (bicyclic) bond motifs is 1. The van der Waals surface area contributed by atoms with Crippen molar-refractivity contribution in [2.24, 2.45) is 0 Å². The van der Waals surface area contributed by atoms with Crippen LogP contribution in [0.3, 0.4) is 0 Å². The number of amides is 2. The minimum Gasteiger partial charge on any atom is -0.439 e. The van der Waals surface area contributed by atoms with Crippen molar-refractivity contribution in [1.82, 2.24) is 15.3 Å². The number of nitrogens with one attached hydrogen (secondary N) is 1. The molecule has 10 nitrogen and oxygen atoms in total. The highest BCUT2D eigenvalue weighted by atomic mass is 19.4. The fourth-order valence-corrected chi connectivity index (χ4v) is 5.38. The number of hydrogen-bond acceptors (Lipinski definition) is 7. The summed E-state index contributed by atoms with van der Waals surface area (Å²) in [5, 5.41) is 2.81. The van der Waals surface area contributed by atoms with E-state index in [1.165, 1.54) is 41.4 Å². The van der Waals surface area contributed by atoms with Gasteiger partial charge in [-0.2, -0.15) is 0 Å². The number of alkyl halides is 3. The predicted molar refractivity (Wildman–Crippen MR) is 171 cm³/mol. The molecule has 6 rings (SSSR count). The summed E-state index contributed by atoms with van der Waals surface area (Å²) in [4.78, 5) is 39.5. The van der Waals surface area contributed by atoms with Gasteiger partial charge in [-0.25, -0.2) is 19.6 Å². The SMILES string of the molecule is [C-]#[N+]c1cc(C(C)C)c2oc(-c3ccc(C(=O)NCC4(C)CN(c5ccc(-c6ccccc6OC(F)(F)F)cn5)C(=O)O4)cc3)nc2c1. The number of carbonyl (C=O) groups is 2. The molecule has 0 aliphatic carbocycles. The number of hydrogen-bond donors (Lipinski definition) is 1. The van der Waals surface area contributed by atoms with Crippen LogP contribution in [-0.2, 0) is 4.74 Å². The van der Waals surface area contributed by atoms with Crippen LogP contribution in [0.15, 0.2) is 83.4 Å². The molecule has 2 amide bonds. The van der Waals surface area contributed by atoms with E-state index in [-0.39, 0.29) is 42.0 Å². The number of rotatable bonds is 8. The molecule has 1 saturated heterocycles. The average molecular weight is 656 g/mol. The maximum Gasteiger partial charge on any atom is 0.573 e. The van der Waals surface area contributed by atoms with Crippen LogP contribution in [-0.4, -0.2) is 47.0 Å². The van der Waals surface area contributed by atoms with Gasteiger partial charge in [0, 0.05) is 28.5 Å². The Bertz CT molecular complexity index is 2050. The van der Waals surface area contributed by atoms with Crippen molar-refractivity contribution in [3.63, 3.8) is 0 Å². The monoisotopic (exact) mass is 655 g/mol. The fraction of sp³-hybridized carbons (Fsp3) is 0.229. The second-order valence-electron chi connectivity index (χ2n) is 11.8. The second kappa shape index (κ2) is 12.4. The number of ether oxygens (including phenoxy) is 2. The Morgan fingerprint density at radius 3 is 2.50 bits per heavy atom. The quantitative estimate of drug-likeness (QED) is 0.168. The summed E-state index contributed by atoms with van der Waals surface area (Å²) in [7, 11) is 0. The lowest BCUT2D eigenvalue weighted by atomic mass is 10.0. The van der Waals surface area contributed by atoms with E-state index in [9.17, 15) is 22.8 Å². The first kappa shape index (κ1) is 32.1. The van der Waals surface area contributed by atoms with Gasteiger partial charge in [0.1, 0.15) is 17.2 Å². The van der Waals surface area contributed by atoms with Crippen molar-refractivity contribution < 1.29 is 36.7 Å². The molecule has 244 valence electrons. The van der Waals surface area contributed by atoms with Crippen molar-refractivity contribution in [3.8, 4) is 28.3 Å². The summed E-state index contributed by atoms with van der Waals surface area (Å²) in [6.07, 6.45) is -4.20. The van der Waals surface area contributed by atoms with Gasteiger partial charge >= 0.3 is 12.5 Å². The highest BCUT2D eigenvalue weighted by molar-refractivity contribution is 5.95. The maximum absolute atomic E-state index is 13.0. The molecule has 0 spiro atoms. The van der Waals surface area contributed by atoms with Crippen LogP contribution in [0.4, 0.5) is 29.5 Å². The van der Waals surface area contributed by atoms with Crippen molar-refractivity contribution >= 4 is 34.6 Å². The van der Waals surface area contributed by atoms with E-state index >= 15 is 0 Å². The van der Waals surface area contributed by atoms with Gasteiger partial charge in [-0.15, -0.1) is 13.2 Å². The lowest BCUT2D eigenvalue weighted by Crippen LogP contribution is -2.43. The molecule has 1 aliphatic heterocycles. The number of anilines is 1. The van der Waals surface area contributed by atoms with Gasteiger partial charge in [-0.1, -0.05) is 32.0 Å². The van der Waals surface area contributed by atoms with Crippen molar-refractivity contribution in [1.29, 1.82) is 0 Å². The molecular weight excluding hydrogens is 627 g/mol. The third-order valence-corrected chi connectivity index (χ3v) is 7.77. The van der Waals surface area contributed by atoms with E-state index in [0.717, 1.165) is 5.56 Å². The Hall–Kier alpha value is -5.90. The van der Waals surface area contributed by atoms with Crippen LogP contribution in [0.1, 0.15) is 42.6 Å². The van der Waals surface area contributed by atoms with Crippen LogP contribution in [0.25, 0.3) is 38.5 Å². The van der Waals surface area contributed by atoms with Crippen LogP contribution >= 0.6 is 0 Å². The van der Waals surface area contributed by atoms with Gasteiger partial charge in [0.25, 0.3) is 5.91 Å². The zero-order chi connectivity index (χ0) is 34.2. The normalized spacial score (nSPS) is 16.2. The fourth-order valence-electron chi connectivity index (χ4n) is 5.38. The van der Waals surface area contributed by atoms with Crippen LogP contribution in [0.5, 0.6) is 5.75 Å². The molecule has 5 aromatic rings. The molecule has 1 unspecified atom stereocenters. The first-order valence-electron chi connectivity index (χ1n) is 14.8. The summed E-state index contributed by atoms with van der Waals surface area (Å²) < 4.78 is 54.4. The molecule has 2 aromatic heterocycles. The molecule has 48 heavy (non-hydrogen) atoms. The van der Waals surface area contributed by atoms with Gasteiger partial charge in [0.05, 0.1) is 25.2 Å². The standard InChI is InChI=1S/C35H28F3N5O5/c1-20(2)26-15-24(39-4)16-27-30(26)46-32(42-27)22-11-9-21(10-12-22)31(44)41-18-34(3)19-43(33(45)48-34)29-14-13-23(17-40-29)25-7-5-6-8-28(25)47-35(36,37)38/h5-17,20H,18-19H2,1-3H3,(H,41,44). The van der Waals surface area contributed by atoms with E-state index < -0.39 is 18.1 Å². The number of benzene rings is 3. The van der Waals surface area contributed by atoms with Crippen molar-refractivity contribution in [2.75, 3.05) is 18.0 Å². The van der Waals surface area contributed by atoms with Crippen LogP contribution < -0.4 is 15.0 Å². The minimum absolute atomic E-state index is 0.00254. The topological polar surface area (TPSA) is 111 Å². The van der Waals surface area contributed by atoms with Gasteiger partial charge in [-0.05, 0) is 73.0 Å². The molecule has 0 radical (unpaired) electrons. The Morgan fingerprint density at radius 2 is 1.83 bits per heavy atom. The zero-order valence-corrected chi connectivity index (χ0v) is 26.0. The first-order valence-corrected chi connectivity index (χ1v) is 14.8. The summed E-state index contributed by atoms with van der Waals surface area (Å²) in [6.45, 7) is 13.2. The lowest BCUT2D eigenvalue weighted by molar-refractivity contribution is -0.274. The molecule has 0 saturated carbocycles. The summed E-state index contributed by atoms with van der Waals surface area (Å²) in [5.41, 5.74) is 3.06. The molecule has 1 fully saturated rings. The Kier molecular flexibility index (Phi) is 8.26. The van der Waals surface area contributed by atoms with Gasteiger partial charge < -0.3 is 19.2 Å². The molecular formula is C35H28F3N5O5. The van der Waals surface area contributed by atoms with Crippen LogP contribution in [0.2, 0.25) is 0 Å². The molecule has 3 aromatic carbocycles. The van der Waals surface area contributed by atoms with Gasteiger partial charge in [0.15, 0.2) is 11.3 Å². The summed E-state index contributed by atoms with van der Waals surface area (Å²) in [5.74, 6) is -0.0359. The largest absolute Gasteiger partial charge is 0.573 e. The number of pyridine rings is 1. The maximum atomic E-state index is 13.0. The number of halogens is 3. The minimum atomic E-state index is -4.86. The zero-order valence-electron chi connectivity index (χ0n) is 26.0. The third kappa shape index (κ3) is 6.64. The van der Waals surface area contributed by atoms with E-state index in [2.05, 4.69) is 24.9 Å². The molecule has 1 aliphatic rings. The van der Waals surface area contributed by atoms with E-state index in [1.807, 2.05) is 13.8 Å². The first-order chi connectivity index (χ1) is 22.8. The number of carbonyl (C=O) groups excluding carboxylic acids is 2. The smallest absolute Gasteiger partial charge is 0.439 e. The molecule has 13 heteroatoms. The average Bonchev–Trinajstić information content (AvgIpc) is 3.63. The second-order valence-corrected chi connectivity index (χ2v) is 11.8.